The fraction of sp³-hybridized carbons (Fsp3) is 0.154. The molecular weight excluding hydrogens is 271 g/mol. The number of rotatable bonds is 4. The fourth-order valence-electron chi connectivity index (χ4n) is 1.51. The molecule has 0 radical (unpaired) electrons. The Morgan fingerprint density at radius 3 is 2.50 bits per heavy atom. The number of aromatic nitrogens is 1. The molecule has 18 heavy (non-hydrogen) atoms. The van der Waals surface area contributed by atoms with E-state index < -0.39 is 0 Å². The molecule has 0 aliphatic heterocycles. The Hall–Kier alpha value is -1.10. The summed E-state index contributed by atoms with van der Waals surface area (Å²) in [6.45, 7) is 0.459. The number of nitrogens with two attached hydrogens (primary N) is 1. The van der Waals surface area contributed by atoms with E-state index >= 15 is 0 Å². The van der Waals surface area contributed by atoms with Crippen LogP contribution < -0.4 is 5.73 Å². The van der Waals surface area contributed by atoms with Crippen LogP contribution >= 0.6 is 23.4 Å². The smallest absolute Gasteiger partial charge is 0.123 e. The van der Waals surface area contributed by atoms with Crippen LogP contribution in [0.25, 0.3) is 0 Å². The lowest BCUT2D eigenvalue weighted by molar-refractivity contribution is 0.627. The van der Waals surface area contributed by atoms with Crippen molar-refractivity contribution in [3.63, 3.8) is 0 Å². The van der Waals surface area contributed by atoms with Crippen molar-refractivity contribution in [2.45, 2.75) is 10.3 Å². The van der Waals surface area contributed by atoms with Crippen LogP contribution in [0.5, 0.6) is 0 Å². The first-order valence-corrected chi connectivity index (χ1v) is 6.68. The van der Waals surface area contributed by atoms with Crippen LogP contribution in [0.1, 0.15) is 10.8 Å². The molecule has 1 atom stereocenters. The lowest BCUT2D eigenvalue weighted by Gasteiger charge is -2.14. The molecule has 1 aromatic heterocycles. The zero-order valence-corrected chi connectivity index (χ0v) is 11.1. The number of nitrogens with zero attached hydrogens (tertiary/aromatic N) is 1. The van der Waals surface area contributed by atoms with Gasteiger partial charge < -0.3 is 5.73 Å². The van der Waals surface area contributed by atoms with Crippen LogP contribution in [-0.2, 0) is 0 Å². The van der Waals surface area contributed by atoms with Crippen LogP contribution in [0.2, 0.25) is 5.02 Å². The van der Waals surface area contributed by atoms with Crippen LogP contribution in [0.15, 0.2) is 47.6 Å². The molecule has 0 saturated heterocycles. The van der Waals surface area contributed by atoms with Crippen molar-refractivity contribution in [1.29, 1.82) is 0 Å². The van der Waals surface area contributed by atoms with Gasteiger partial charge in [0.2, 0.25) is 0 Å². The maximum Gasteiger partial charge on any atom is 0.123 e. The van der Waals surface area contributed by atoms with Crippen molar-refractivity contribution in [3.8, 4) is 0 Å². The first kappa shape index (κ1) is 13.3. The summed E-state index contributed by atoms with van der Waals surface area (Å²) in [6.07, 6.45) is 1.60. The summed E-state index contributed by atoms with van der Waals surface area (Å²) in [6, 6.07) is 10.0. The standard InChI is InChI=1S/C13H12ClFN2S/c14-10-3-6-13(17-8-10)18-12(7-16)9-1-4-11(15)5-2-9/h1-6,8,12H,7,16H2. The van der Waals surface area contributed by atoms with E-state index in [1.54, 1.807) is 24.4 Å². The van der Waals surface area contributed by atoms with Gasteiger partial charge in [0.1, 0.15) is 5.82 Å². The summed E-state index contributed by atoms with van der Waals surface area (Å²) in [5, 5.41) is 1.50. The molecule has 2 aromatic rings. The van der Waals surface area contributed by atoms with Gasteiger partial charge in [0.25, 0.3) is 0 Å². The van der Waals surface area contributed by atoms with Crippen molar-refractivity contribution < 1.29 is 4.39 Å². The highest BCUT2D eigenvalue weighted by molar-refractivity contribution is 7.99. The molecule has 2 nitrogen and oxygen atoms in total. The van der Waals surface area contributed by atoms with E-state index in [1.807, 2.05) is 6.07 Å². The van der Waals surface area contributed by atoms with E-state index in [0.29, 0.717) is 11.6 Å². The van der Waals surface area contributed by atoms with Gasteiger partial charge in [-0.25, -0.2) is 9.37 Å². The Morgan fingerprint density at radius 1 is 1.22 bits per heavy atom. The average Bonchev–Trinajstić information content (AvgIpc) is 2.39. The van der Waals surface area contributed by atoms with Gasteiger partial charge in [0, 0.05) is 18.0 Å². The summed E-state index contributed by atoms with van der Waals surface area (Å²) >= 11 is 7.32. The quantitative estimate of drug-likeness (QED) is 0.870. The molecule has 0 amide bonds. The first-order valence-electron chi connectivity index (χ1n) is 5.43. The summed E-state index contributed by atoms with van der Waals surface area (Å²) in [4.78, 5) is 4.21. The monoisotopic (exact) mass is 282 g/mol. The van der Waals surface area contributed by atoms with E-state index in [-0.39, 0.29) is 11.1 Å². The molecule has 0 spiro atoms. The minimum absolute atomic E-state index is 0.0549. The minimum Gasteiger partial charge on any atom is -0.329 e. The number of benzene rings is 1. The topological polar surface area (TPSA) is 38.9 Å². The molecule has 1 unspecified atom stereocenters. The highest BCUT2D eigenvalue weighted by Crippen LogP contribution is 2.33. The molecule has 2 rings (SSSR count). The van der Waals surface area contributed by atoms with Crippen molar-refractivity contribution in [2.75, 3.05) is 6.54 Å². The van der Waals surface area contributed by atoms with E-state index in [9.17, 15) is 4.39 Å². The van der Waals surface area contributed by atoms with Gasteiger partial charge in [-0.05, 0) is 29.8 Å². The zero-order valence-electron chi connectivity index (χ0n) is 9.51. The number of pyridine rings is 1. The third kappa shape index (κ3) is 3.45. The van der Waals surface area contributed by atoms with Gasteiger partial charge in [-0.1, -0.05) is 35.5 Å². The van der Waals surface area contributed by atoms with Crippen LogP contribution in [-0.4, -0.2) is 11.5 Å². The first-order chi connectivity index (χ1) is 8.69. The second-order valence-electron chi connectivity index (χ2n) is 3.71. The number of hydrogen-bond donors (Lipinski definition) is 1. The Kier molecular flexibility index (Phi) is 4.58. The predicted octanol–water partition coefficient (Wildman–Crippen LogP) is 3.67. The van der Waals surface area contributed by atoms with Crippen molar-refractivity contribution in [1.82, 2.24) is 4.98 Å². The zero-order chi connectivity index (χ0) is 13.0. The predicted molar refractivity (Wildman–Crippen MR) is 73.3 cm³/mol. The van der Waals surface area contributed by atoms with Crippen molar-refractivity contribution >= 4 is 23.4 Å². The van der Waals surface area contributed by atoms with Gasteiger partial charge in [0.15, 0.2) is 0 Å². The third-order valence-electron chi connectivity index (χ3n) is 2.42. The Morgan fingerprint density at radius 2 is 1.94 bits per heavy atom. The number of thioether (sulfide) groups is 1. The summed E-state index contributed by atoms with van der Waals surface area (Å²) < 4.78 is 12.9. The Labute approximate surface area is 114 Å². The summed E-state index contributed by atoms with van der Waals surface area (Å²) in [7, 11) is 0. The second-order valence-corrected chi connectivity index (χ2v) is 5.37. The Bertz CT molecular complexity index is 501. The molecule has 0 aliphatic rings. The molecule has 94 valence electrons. The van der Waals surface area contributed by atoms with Gasteiger partial charge in [-0.2, -0.15) is 0 Å². The number of halogens is 2. The molecule has 0 bridgehead atoms. The van der Waals surface area contributed by atoms with Gasteiger partial charge in [-0.3, -0.25) is 0 Å². The highest BCUT2D eigenvalue weighted by Gasteiger charge is 2.12. The molecule has 0 saturated carbocycles. The van der Waals surface area contributed by atoms with Crippen molar-refractivity contribution in [3.05, 3.63) is 59.0 Å². The molecular formula is C13H12ClFN2S. The van der Waals surface area contributed by atoms with E-state index in [0.717, 1.165) is 10.6 Å². The molecule has 0 aliphatic carbocycles. The largest absolute Gasteiger partial charge is 0.329 e. The van der Waals surface area contributed by atoms with E-state index in [2.05, 4.69) is 4.98 Å². The van der Waals surface area contributed by atoms with Crippen LogP contribution in [0.3, 0.4) is 0 Å². The maximum absolute atomic E-state index is 12.9. The molecule has 0 fully saturated rings. The second kappa shape index (κ2) is 6.18. The summed E-state index contributed by atoms with van der Waals surface area (Å²) in [5.41, 5.74) is 6.74. The maximum atomic E-state index is 12.9. The van der Waals surface area contributed by atoms with Gasteiger partial charge in [0.05, 0.1) is 10.0 Å². The van der Waals surface area contributed by atoms with Gasteiger partial charge >= 0.3 is 0 Å². The molecule has 2 N–H and O–H groups in total. The lowest BCUT2D eigenvalue weighted by atomic mass is 10.1. The molecule has 5 heteroatoms. The van der Waals surface area contributed by atoms with Crippen LogP contribution in [0, 0.1) is 5.82 Å². The highest BCUT2D eigenvalue weighted by atomic mass is 35.5. The Balaban J connectivity index is 2.14. The van der Waals surface area contributed by atoms with E-state index in [1.165, 1.54) is 23.9 Å². The SMILES string of the molecule is NCC(Sc1ccc(Cl)cn1)c1ccc(F)cc1. The minimum atomic E-state index is -0.246. The lowest BCUT2D eigenvalue weighted by Crippen LogP contribution is -2.09. The summed E-state index contributed by atoms with van der Waals surface area (Å²) in [5.74, 6) is -0.246. The average molecular weight is 283 g/mol. The molecule has 1 aromatic carbocycles. The third-order valence-corrected chi connectivity index (χ3v) is 3.87. The number of hydrogen-bond acceptors (Lipinski definition) is 3. The van der Waals surface area contributed by atoms with E-state index in [4.69, 9.17) is 17.3 Å². The normalized spacial score (nSPS) is 12.4. The van der Waals surface area contributed by atoms with Crippen molar-refractivity contribution in [2.24, 2.45) is 5.73 Å². The van der Waals surface area contributed by atoms with Crippen LogP contribution in [0.4, 0.5) is 4.39 Å². The molecule has 1 heterocycles. The fourth-order valence-corrected chi connectivity index (χ4v) is 2.56. The van der Waals surface area contributed by atoms with Gasteiger partial charge in [-0.15, -0.1) is 0 Å².